The minimum Gasteiger partial charge on any atom is -0.337 e. The fourth-order valence-electron chi connectivity index (χ4n) is 2.84. The molecule has 1 amide bonds. The Bertz CT molecular complexity index is 676. The summed E-state index contributed by atoms with van der Waals surface area (Å²) in [5.74, 6) is 1.87. The molecule has 1 aromatic carbocycles. The zero-order valence-corrected chi connectivity index (χ0v) is 15.7. The quantitative estimate of drug-likeness (QED) is 0.831. The van der Waals surface area contributed by atoms with Crippen LogP contribution in [0, 0.1) is 0 Å². The number of hydrogen-bond donors (Lipinski definition) is 1. The van der Waals surface area contributed by atoms with Crippen LogP contribution in [0.15, 0.2) is 29.2 Å². The van der Waals surface area contributed by atoms with E-state index in [9.17, 15) is 13.2 Å². The topological polar surface area (TPSA) is 83.7 Å². The Morgan fingerprint density at radius 3 is 2.29 bits per heavy atom. The Hall–Kier alpha value is -0.800. The molecular weight excluding hydrogens is 370 g/mol. The Balaban J connectivity index is 0.00000208. The lowest BCUT2D eigenvalue weighted by Crippen LogP contribution is -2.37. The minimum absolute atomic E-state index is 0. The molecule has 1 unspecified atom stereocenters. The molecule has 134 valence electrons. The van der Waals surface area contributed by atoms with E-state index in [0.29, 0.717) is 25.1 Å². The molecule has 2 saturated heterocycles. The van der Waals surface area contributed by atoms with Crippen molar-refractivity contribution in [3.63, 3.8) is 0 Å². The van der Waals surface area contributed by atoms with Crippen molar-refractivity contribution in [1.29, 1.82) is 0 Å². The third kappa shape index (κ3) is 4.05. The van der Waals surface area contributed by atoms with Crippen molar-refractivity contribution in [3.8, 4) is 0 Å². The Kier molecular flexibility index (Phi) is 6.55. The monoisotopic (exact) mass is 391 g/mol. The number of rotatable bonds is 3. The van der Waals surface area contributed by atoms with Crippen LogP contribution in [-0.4, -0.2) is 67.3 Å². The maximum Gasteiger partial charge on any atom is 0.253 e. The van der Waals surface area contributed by atoms with E-state index < -0.39 is 10.0 Å². The van der Waals surface area contributed by atoms with Gasteiger partial charge in [-0.2, -0.15) is 16.1 Å². The first kappa shape index (κ1) is 19.5. The third-order valence-electron chi connectivity index (χ3n) is 4.22. The summed E-state index contributed by atoms with van der Waals surface area (Å²) in [6.07, 6.45) is 0.683. The summed E-state index contributed by atoms with van der Waals surface area (Å²) in [5.41, 5.74) is 6.32. The highest BCUT2D eigenvalue weighted by Gasteiger charge is 2.31. The van der Waals surface area contributed by atoms with E-state index in [1.54, 1.807) is 12.1 Å². The molecule has 2 aliphatic rings. The highest BCUT2D eigenvalue weighted by atomic mass is 35.5. The predicted octanol–water partition coefficient (Wildman–Crippen LogP) is 1.02. The highest BCUT2D eigenvalue weighted by Crippen LogP contribution is 2.21. The maximum atomic E-state index is 12.5. The van der Waals surface area contributed by atoms with E-state index in [1.807, 2.05) is 16.7 Å². The molecule has 24 heavy (non-hydrogen) atoms. The average Bonchev–Trinajstić information content (AvgIpc) is 3.02. The average molecular weight is 392 g/mol. The summed E-state index contributed by atoms with van der Waals surface area (Å²) in [6, 6.07) is 6.15. The van der Waals surface area contributed by atoms with Crippen molar-refractivity contribution in [2.75, 3.05) is 37.7 Å². The van der Waals surface area contributed by atoms with E-state index in [1.165, 1.54) is 16.4 Å². The van der Waals surface area contributed by atoms with E-state index in [2.05, 4.69) is 0 Å². The summed E-state index contributed by atoms with van der Waals surface area (Å²) in [4.78, 5) is 14.4. The van der Waals surface area contributed by atoms with Gasteiger partial charge in [-0.05, 0) is 30.7 Å². The van der Waals surface area contributed by atoms with Crippen LogP contribution >= 0.6 is 24.2 Å². The smallest absolute Gasteiger partial charge is 0.253 e. The number of carbonyl (C=O) groups is 1. The van der Waals surface area contributed by atoms with Crippen LogP contribution in [0.3, 0.4) is 0 Å². The summed E-state index contributed by atoms with van der Waals surface area (Å²) >= 11 is 1.84. The van der Waals surface area contributed by atoms with Gasteiger partial charge in [-0.3, -0.25) is 4.79 Å². The molecule has 9 heteroatoms. The van der Waals surface area contributed by atoms with Crippen LogP contribution in [0.4, 0.5) is 0 Å². The number of nitrogens with two attached hydrogens (primary N) is 1. The van der Waals surface area contributed by atoms with Crippen LogP contribution in [0.2, 0.25) is 0 Å². The van der Waals surface area contributed by atoms with Crippen molar-refractivity contribution in [3.05, 3.63) is 29.8 Å². The summed E-state index contributed by atoms with van der Waals surface area (Å²) in [6.45, 7) is 2.30. The lowest BCUT2D eigenvalue weighted by molar-refractivity contribution is 0.0772. The normalized spacial score (nSPS) is 22.2. The molecular formula is C15H22ClN3O3S2. The van der Waals surface area contributed by atoms with Crippen molar-refractivity contribution in [1.82, 2.24) is 9.21 Å². The molecule has 0 radical (unpaired) electrons. The molecule has 0 bridgehead atoms. The fourth-order valence-corrected chi connectivity index (χ4v) is 5.25. The lowest BCUT2D eigenvalue weighted by Gasteiger charge is -2.26. The number of nitrogens with zero attached hydrogens (tertiary/aromatic N) is 2. The first-order chi connectivity index (χ1) is 11.0. The Morgan fingerprint density at radius 1 is 1.12 bits per heavy atom. The van der Waals surface area contributed by atoms with Crippen LogP contribution in [0.1, 0.15) is 16.8 Å². The van der Waals surface area contributed by atoms with Gasteiger partial charge in [-0.1, -0.05) is 0 Å². The Morgan fingerprint density at radius 2 is 1.75 bits per heavy atom. The van der Waals surface area contributed by atoms with Gasteiger partial charge in [0.2, 0.25) is 10.0 Å². The van der Waals surface area contributed by atoms with Crippen molar-refractivity contribution in [2.45, 2.75) is 17.4 Å². The molecule has 1 aromatic rings. The van der Waals surface area contributed by atoms with Crippen LogP contribution in [0.5, 0.6) is 0 Å². The van der Waals surface area contributed by atoms with E-state index >= 15 is 0 Å². The number of thioether (sulfide) groups is 1. The lowest BCUT2D eigenvalue weighted by atomic mass is 10.2. The van der Waals surface area contributed by atoms with Crippen molar-refractivity contribution < 1.29 is 13.2 Å². The first-order valence-electron chi connectivity index (χ1n) is 7.71. The van der Waals surface area contributed by atoms with E-state index in [0.717, 1.165) is 24.6 Å². The number of sulfonamides is 1. The van der Waals surface area contributed by atoms with Gasteiger partial charge in [0.25, 0.3) is 5.91 Å². The molecule has 2 fully saturated rings. The number of hydrogen-bond acceptors (Lipinski definition) is 5. The third-order valence-corrected chi connectivity index (χ3v) is 7.05. The van der Waals surface area contributed by atoms with Gasteiger partial charge >= 0.3 is 0 Å². The largest absolute Gasteiger partial charge is 0.337 e. The zero-order chi connectivity index (χ0) is 16.4. The predicted molar refractivity (Wildman–Crippen MR) is 98.3 cm³/mol. The molecule has 2 N–H and O–H groups in total. The van der Waals surface area contributed by atoms with Crippen molar-refractivity contribution >= 4 is 40.1 Å². The molecule has 0 spiro atoms. The highest BCUT2D eigenvalue weighted by molar-refractivity contribution is 7.99. The molecule has 0 aliphatic carbocycles. The van der Waals surface area contributed by atoms with E-state index in [4.69, 9.17) is 5.73 Å². The van der Waals surface area contributed by atoms with Gasteiger partial charge in [0.15, 0.2) is 0 Å². The molecule has 1 atom stereocenters. The van der Waals surface area contributed by atoms with Gasteiger partial charge in [-0.25, -0.2) is 8.42 Å². The second kappa shape index (κ2) is 8.05. The summed E-state index contributed by atoms with van der Waals surface area (Å²) in [5, 5.41) is 0. The number of halogens is 1. The van der Waals surface area contributed by atoms with Crippen LogP contribution in [0.25, 0.3) is 0 Å². The van der Waals surface area contributed by atoms with Gasteiger partial charge in [0, 0.05) is 49.3 Å². The first-order valence-corrected chi connectivity index (χ1v) is 10.3. The second-order valence-electron chi connectivity index (χ2n) is 5.84. The molecule has 0 saturated carbocycles. The molecule has 2 heterocycles. The zero-order valence-electron chi connectivity index (χ0n) is 13.3. The maximum absolute atomic E-state index is 12.5. The minimum atomic E-state index is -3.51. The summed E-state index contributed by atoms with van der Waals surface area (Å²) in [7, 11) is -3.51. The summed E-state index contributed by atoms with van der Waals surface area (Å²) < 4.78 is 26.5. The van der Waals surface area contributed by atoms with Gasteiger partial charge in [0.1, 0.15) is 0 Å². The van der Waals surface area contributed by atoms with Gasteiger partial charge in [0.05, 0.1) is 4.90 Å². The van der Waals surface area contributed by atoms with Crippen LogP contribution < -0.4 is 5.73 Å². The Labute approximate surface area is 153 Å². The standard InChI is InChI=1S/C15H21N3O3S2.ClH/c16-13-5-6-18(11-13)23(20,21)14-3-1-12(2-4-14)15(19)17-7-9-22-10-8-17;/h1-4,13H,5-11,16H2;1H. The van der Waals surface area contributed by atoms with Gasteiger partial charge < -0.3 is 10.6 Å². The van der Waals surface area contributed by atoms with Crippen LogP contribution in [-0.2, 0) is 10.0 Å². The number of amides is 1. The van der Waals surface area contributed by atoms with Gasteiger partial charge in [-0.15, -0.1) is 12.4 Å². The van der Waals surface area contributed by atoms with E-state index in [-0.39, 0.29) is 29.3 Å². The molecule has 3 rings (SSSR count). The van der Waals surface area contributed by atoms with Crippen molar-refractivity contribution in [2.24, 2.45) is 5.73 Å². The number of benzene rings is 1. The molecule has 2 aliphatic heterocycles. The molecule has 6 nitrogen and oxygen atoms in total. The second-order valence-corrected chi connectivity index (χ2v) is 9.00. The SMILES string of the molecule is Cl.NC1CCN(S(=O)(=O)c2ccc(C(=O)N3CCSCC3)cc2)C1. The molecule has 0 aromatic heterocycles. The number of carbonyl (C=O) groups excluding carboxylic acids is 1. The fraction of sp³-hybridized carbons (Fsp3) is 0.533.